The van der Waals surface area contributed by atoms with Gasteiger partial charge in [-0.25, -0.2) is 9.98 Å². The van der Waals surface area contributed by atoms with E-state index in [9.17, 15) is 5.11 Å². The minimum Gasteiger partial charge on any atom is -0.491 e. The Morgan fingerprint density at radius 3 is 2.75 bits per heavy atom. The van der Waals surface area contributed by atoms with E-state index in [4.69, 9.17) is 4.74 Å². The maximum atomic E-state index is 10.5. The minimum atomic E-state index is -0.644. The van der Waals surface area contributed by atoms with Crippen molar-refractivity contribution in [3.05, 3.63) is 53.3 Å². The topological polar surface area (TPSA) is 83.2 Å². The molecule has 1 atom stereocenters. The molecule has 0 bridgehead atoms. The Hall–Kier alpha value is -2.58. The Morgan fingerprint density at radius 2 is 2.07 bits per heavy atom. The van der Waals surface area contributed by atoms with Gasteiger partial charge in [-0.1, -0.05) is 12.1 Å². The Kier molecular flexibility index (Phi) is 6.89. The highest BCUT2D eigenvalue weighted by Gasteiger charge is 2.10. The molecule has 0 fully saturated rings. The van der Waals surface area contributed by atoms with Gasteiger partial charge in [0.05, 0.1) is 24.4 Å². The number of imidazole rings is 1. The summed E-state index contributed by atoms with van der Waals surface area (Å²) < 4.78 is 7.63. The summed E-state index contributed by atoms with van der Waals surface area (Å²) in [5.74, 6) is 1.45. The lowest BCUT2D eigenvalue weighted by molar-refractivity contribution is 0.180. The number of nitrogens with zero attached hydrogens (tertiary/aromatic N) is 3. The maximum Gasteiger partial charge on any atom is 0.193 e. The number of aromatic nitrogens is 2. The Balaban J connectivity index is 1.56. The van der Waals surface area contributed by atoms with Gasteiger partial charge in [0.25, 0.3) is 0 Å². The van der Waals surface area contributed by atoms with Gasteiger partial charge in [0, 0.05) is 30.9 Å². The smallest absolute Gasteiger partial charge is 0.193 e. The number of nitrogens with one attached hydrogen (secondary N) is 2. The number of benzene rings is 1. The van der Waals surface area contributed by atoms with E-state index in [2.05, 4.69) is 20.6 Å². The van der Waals surface area contributed by atoms with Crippen LogP contribution in [0.1, 0.15) is 38.1 Å². The van der Waals surface area contributed by atoms with Crippen LogP contribution in [-0.2, 0) is 6.54 Å². The van der Waals surface area contributed by atoms with Gasteiger partial charge in [-0.15, -0.1) is 11.3 Å². The second-order valence-electron chi connectivity index (χ2n) is 6.65. The molecule has 0 saturated carbocycles. The molecule has 0 aliphatic heterocycles. The number of fused-ring (bicyclic) bond motifs is 1. The number of aliphatic hydroxyl groups is 1. The number of aliphatic hydroxyl groups excluding tert-OH is 1. The molecule has 0 spiro atoms. The van der Waals surface area contributed by atoms with Crippen LogP contribution in [0, 0.1) is 0 Å². The molecule has 1 aromatic carbocycles. The van der Waals surface area contributed by atoms with Crippen molar-refractivity contribution in [3.63, 3.8) is 0 Å². The molecule has 2 heterocycles. The summed E-state index contributed by atoms with van der Waals surface area (Å²) in [7, 11) is 0. The third-order valence-corrected chi connectivity index (χ3v) is 4.76. The molecule has 0 aliphatic rings. The third-order valence-electron chi connectivity index (χ3n) is 3.99. The first-order valence-corrected chi connectivity index (χ1v) is 10.3. The molecule has 2 aromatic heterocycles. The molecule has 150 valence electrons. The predicted molar refractivity (Wildman–Crippen MR) is 113 cm³/mol. The Bertz CT molecular complexity index is 872. The van der Waals surface area contributed by atoms with Crippen LogP contribution in [0.5, 0.6) is 5.75 Å². The van der Waals surface area contributed by atoms with Gasteiger partial charge >= 0.3 is 0 Å². The van der Waals surface area contributed by atoms with E-state index < -0.39 is 6.10 Å². The molecule has 28 heavy (non-hydrogen) atoms. The molecule has 0 amide bonds. The van der Waals surface area contributed by atoms with E-state index >= 15 is 0 Å². The normalized spacial score (nSPS) is 13.1. The van der Waals surface area contributed by atoms with E-state index in [1.807, 2.05) is 67.2 Å². The van der Waals surface area contributed by atoms with Crippen molar-refractivity contribution in [2.45, 2.75) is 39.5 Å². The monoisotopic (exact) mass is 401 g/mol. The van der Waals surface area contributed by atoms with E-state index in [1.54, 1.807) is 11.3 Å². The zero-order valence-electron chi connectivity index (χ0n) is 16.4. The molecule has 1 unspecified atom stereocenters. The molecule has 0 radical (unpaired) electrons. The fraction of sp³-hybridized carbons (Fsp3) is 0.400. The number of aliphatic imine (C=N–C) groups is 1. The van der Waals surface area contributed by atoms with Gasteiger partial charge in [0.2, 0.25) is 0 Å². The van der Waals surface area contributed by atoms with Crippen LogP contribution >= 0.6 is 11.3 Å². The van der Waals surface area contributed by atoms with Crippen LogP contribution < -0.4 is 15.4 Å². The highest BCUT2D eigenvalue weighted by atomic mass is 32.1. The van der Waals surface area contributed by atoms with Crippen molar-refractivity contribution >= 4 is 22.3 Å². The van der Waals surface area contributed by atoms with Crippen molar-refractivity contribution in [1.82, 2.24) is 20.0 Å². The highest BCUT2D eigenvalue weighted by molar-refractivity contribution is 7.15. The third kappa shape index (κ3) is 5.46. The number of hydrogen-bond donors (Lipinski definition) is 3. The number of rotatable bonds is 8. The predicted octanol–water partition coefficient (Wildman–Crippen LogP) is 2.97. The van der Waals surface area contributed by atoms with E-state index in [1.165, 1.54) is 0 Å². The van der Waals surface area contributed by atoms with E-state index in [0.717, 1.165) is 28.5 Å². The van der Waals surface area contributed by atoms with Gasteiger partial charge in [0.15, 0.2) is 10.9 Å². The minimum absolute atomic E-state index is 0.127. The van der Waals surface area contributed by atoms with Gasteiger partial charge in [-0.05, 0) is 38.5 Å². The number of ether oxygens (including phenoxy) is 1. The Labute approximate surface area is 169 Å². The summed E-state index contributed by atoms with van der Waals surface area (Å²) >= 11 is 1.60. The fourth-order valence-electron chi connectivity index (χ4n) is 2.71. The largest absolute Gasteiger partial charge is 0.491 e. The van der Waals surface area contributed by atoms with Crippen molar-refractivity contribution in [2.24, 2.45) is 4.99 Å². The van der Waals surface area contributed by atoms with Crippen LogP contribution in [0.15, 0.2) is 47.0 Å². The van der Waals surface area contributed by atoms with Gasteiger partial charge in [-0.3, -0.25) is 4.40 Å². The number of thiazole rings is 1. The van der Waals surface area contributed by atoms with Gasteiger partial charge in [0.1, 0.15) is 5.75 Å². The number of hydrogen-bond acceptors (Lipinski definition) is 5. The summed E-state index contributed by atoms with van der Waals surface area (Å²) in [6, 6.07) is 7.52. The lowest BCUT2D eigenvalue weighted by atomic mass is 10.1. The molecule has 7 nitrogen and oxygen atoms in total. The molecular weight excluding hydrogens is 374 g/mol. The summed E-state index contributed by atoms with van der Waals surface area (Å²) in [5.41, 5.74) is 1.74. The zero-order chi connectivity index (χ0) is 19.9. The molecule has 0 saturated heterocycles. The molecule has 3 N–H and O–H groups in total. The van der Waals surface area contributed by atoms with Crippen LogP contribution in [0.3, 0.4) is 0 Å². The standard InChI is InChI=1S/C20H27N5O2S/c1-4-21-19(22-11-16-13-25-9-10-28-20(25)24-16)23-12-18(26)15-5-7-17(8-6-15)27-14(2)3/h5-10,13-14,18,26H,4,11-12H2,1-3H3,(H2,21,22,23). The summed E-state index contributed by atoms with van der Waals surface area (Å²) in [5, 5.41) is 18.8. The molecule has 3 rings (SSSR count). The average molecular weight is 402 g/mol. The average Bonchev–Trinajstić information content (AvgIpc) is 3.25. The van der Waals surface area contributed by atoms with Crippen molar-refractivity contribution < 1.29 is 9.84 Å². The lowest BCUT2D eigenvalue weighted by Gasteiger charge is -2.16. The first-order valence-electron chi connectivity index (χ1n) is 9.43. The quantitative estimate of drug-likeness (QED) is 0.399. The van der Waals surface area contributed by atoms with E-state index in [-0.39, 0.29) is 6.10 Å². The second kappa shape index (κ2) is 9.57. The van der Waals surface area contributed by atoms with E-state index in [0.29, 0.717) is 19.0 Å². The van der Waals surface area contributed by atoms with Crippen LogP contribution in [0.25, 0.3) is 4.96 Å². The zero-order valence-corrected chi connectivity index (χ0v) is 17.2. The van der Waals surface area contributed by atoms with Crippen LogP contribution in [0.2, 0.25) is 0 Å². The van der Waals surface area contributed by atoms with Crippen LogP contribution in [0.4, 0.5) is 0 Å². The van der Waals surface area contributed by atoms with Crippen molar-refractivity contribution in [3.8, 4) is 5.75 Å². The number of guanidine groups is 1. The lowest BCUT2D eigenvalue weighted by Crippen LogP contribution is -2.39. The highest BCUT2D eigenvalue weighted by Crippen LogP contribution is 2.18. The summed E-state index contributed by atoms with van der Waals surface area (Å²) in [4.78, 5) is 10.1. The molecule has 8 heteroatoms. The van der Waals surface area contributed by atoms with Crippen molar-refractivity contribution in [1.29, 1.82) is 0 Å². The van der Waals surface area contributed by atoms with Crippen molar-refractivity contribution in [2.75, 3.05) is 13.1 Å². The first kappa shape index (κ1) is 20.2. The first-order chi connectivity index (χ1) is 13.5. The molecule has 3 aromatic rings. The van der Waals surface area contributed by atoms with Crippen LogP contribution in [-0.4, -0.2) is 39.6 Å². The molecular formula is C20H27N5O2S. The van der Waals surface area contributed by atoms with Gasteiger partial charge in [-0.2, -0.15) is 0 Å². The maximum absolute atomic E-state index is 10.5. The second-order valence-corrected chi connectivity index (χ2v) is 7.53. The van der Waals surface area contributed by atoms with Gasteiger partial charge < -0.3 is 20.5 Å². The fourth-order valence-corrected chi connectivity index (χ4v) is 3.42. The summed E-state index contributed by atoms with van der Waals surface area (Å²) in [6.07, 6.45) is 3.45. The Morgan fingerprint density at radius 1 is 1.29 bits per heavy atom. The molecule has 0 aliphatic carbocycles. The summed E-state index contributed by atoms with van der Waals surface area (Å²) in [6.45, 7) is 7.55. The SMILES string of the molecule is CCNC(=NCc1cn2ccsc2n1)NCC(O)c1ccc(OC(C)C)cc1.